The monoisotopic (exact) mass is 249 g/mol. The molecule has 0 radical (unpaired) electrons. The summed E-state index contributed by atoms with van der Waals surface area (Å²) in [5, 5.41) is 5.77. The molecule has 0 heterocycles. The Kier molecular flexibility index (Phi) is 3.72. The van der Waals surface area contributed by atoms with Gasteiger partial charge in [0.05, 0.1) is 12.1 Å². The molecule has 0 bridgehead atoms. The summed E-state index contributed by atoms with van der Waals surface area (Å²) in [7, 11) is 1.61. The van der Waals surface area contributed by atoms with Crippen LogP contribution in [0.4, 0.5) is 10.5 Å². The molecule has 0 spiro atoms. The van der Waals surface area contributed by atoms with Gasteiger partial charge in [0.2, 0.25) is 0 Å². The van der Waals surface area contributed by atoms with Gasteiger partial charge in [-0.1, -0.05) is 12.1 Å². The fourth-order valence-electron chi connectivity index (χ4n) is 1.98. The first-order valence-electron chi connectivity index (χ1n) is 6.07. The van der Waals surface area contributed by atoms with Gasteiger partial charge in [0.1, 0.15) is 0 Å². The normalized spacial score (nSPS) is 16.1. The zero-order valence-electron chi connectivity index (χ0n) is 10.5. The Hall–Kier alpha value is -1.75. The fourth-order valence-corrected chi connectivity index (χ4v) is 1.98. The zero-order chi connectivity index (χ0) is 13.0. The third-order valence-electron chi connectivity index (χ3n) is 3.13. The molecule has 4 N–H and O–H groups in total. The number of hydrogen-bond donors (Lipinski definition) is 3. The van der Waals surface area contributed by atoms with Crippen molar-refractivity contribution in [3.05, 3.63) is 29.8 Å². The molecule has 1 aliphatic carbocycles. The Morgan fingerprint density at radius 2 is 2.28 bits per heavy atom. The molecule has 0 aliphatic heterocycles. The summed E-state index contributed by atoms with van der Waals surface area (Å²) in [6.45, 7) is 1.02. The third kappa shape index (κ3) is 2.92. The number of urea groups is 1. The van der Waals surface area contributed by atoms with Gasteiger partial charge in [-0.25, -0.2) is 4.79 Å². The number of rotatable bonds is 5. The molecule has 0 aromatic heterocycles. The van der Waals surface area contributed by atoms with Crippen LogP contribution in [-0.2, 0) is 10.3 Å². The number of methoxy groups -OCH3 is 1. The van der Waals surface area contributed by atoms with E-state index < -0.39 is 0 Å². The lowest BCUT2D eigenvalue weighted by Gasteiger charge is -2.18. The molecule has 98 valence electrons. The highest BCUT2D eigenvalue weighted by Crippen LogP contribution is 2.45. The van der Waals surface area contributed by atoms with Crippen LogP contribution in [0.2, 0.25) is 0 Å². The maximum atomic E-state index is 11.7. The predicted molar refractivity (Wildman–Crippen MR) is 70.2 cm³/mol. The van der Waals surface area contributed by atoms with E-state index in [1.165, 1.54) is 0 Å². The van der Waals surface area contributed by atoms with Crippen molar-refractivity contribution in [2.75, 3.05) is 26.0 Å². The van der Waals surface area contributed by atoms with E-state index in [4.69, 9.17) is 10.5 Å². The number of anilines is 1. The highest BCUT2D eigenvalue weighted by Gasteiger charge is 2.45. The molecule has 1 aromatic rings. The van der Waals surface area contributed by atoms with E-state index >= 15 is 0 Å². The van der Waals surface area contributed by atoms with Gasteiger partial charge in [0.25, 0.3) is 0 Å². The minimum Gasteiger partial charge on any atom is -0.399 e. The minimum atomic E-state index is -0.230. The first-order valence-corrected chi connectivity index (χ1v) is 6.07. The zero-order valence-corrected chi connectivity index (χ0v) is 10.5. The highest BCUT2D eigenvalue weighted by atomic mass is 16.5. The van der Waals surface area contributed by atoms with Crippen molar-refractivity contribution in [1.82, 2.24) is 10.6 Å². The van der Waals surface area contributed by atoms with Gasteiger partial charge >= 0.3 is 6.03 Å². The van der Waals surface area contributed by atoms with E-state index in [0.717, 1.165) is 24.1 Å². The van der Waals surface area contributed by atoms with Gasteiger partial charge in [-0.05, 0) is 30.5 Å². The Balaban J connectivity index is 1.94. The maximum Gasteiger partial charge on any atom is 0.315 e. The largest absolute Gasteiger partial charge is 0.399 e. The lowest BCUT2D eigenvalue weighted by Crippen LogP contribution is -2.43. The Morgan fingerprint density at radius 3 is 2.89 bits per heavy atom. The van der Waals surface area contributed by atoms with Crippen LogP contribution in [0.5, 0.6) is 0 Å². The molecule has 0 unspecified atom stereocenters. The second-order valence-electron chi connectivity index (χ2n) is 4.58. The van der Waals surface area contributed by atoms with Crippen LogP contribution in [0.15, 0.2) is 24.3 Å². The number of nitrogens with two attached hydrogens (primary N) is 1. The number of carbonyl (C=O) groups is 1. The van der Waals surface area contributed by atoms with Crippen LogP contribution >= 0.6 is 0 Å². The van der Waals surface area contributed by atoms with Crippen LogP contribution in [-0.4, -0.2) is 26.3 Å². The van der Waals surface area contributed by atoms with Gasteiger partial charge in [0, 0.05) is 19.3 Å². The number of carbonyl (C=O) groups excluding carboxylic acids is 1. The summed E-state index contributed by atoms with van der Waals surface area (Å²) >= 11 is 0. The van der Waals surface area contributed by atoms with Gasteiger partial charge in [-0.15, -0.1) is 0 Å². The van der Waals surface area contributed by atoms with Crippen LogP contribution in [0.25, 0.3) is 0 Å². The number of hydrogen-bond acceptors (Lipinski definition) is 3. The quantitative estimate of drug-likeness (QED) is 0.542. The van der Waals surface area contributed by atoms with E-state index in [0.29, 0.717) is 13.2 Å². The lowest BCUT2D eigenvalue weighted by atomic mass is 10.0. The fraction of sp³-hybridized carbons (Fsp3) is 0.462. The van der Waals surface area contributed by atoms with E-state index in [1.54, 1.807) is 7.11 Å². The van der Waals surface area contributed by atoms with E-state index in [-0.39, 0.29) is 11.6 Å². The molecule has 0 saturated heterocycles. The Bertz CT molecular complexity index is 430. The molecule has 1 aliphatic rings. The number of nitrogens with one attached hydrogen (secondary N) is 2. The van der Waals surface area contributed by atoms with Crippen molar-refractivity contribution in [3.63, 3.8) is 0 Å². The minimum absolute atomic E-state index is 0.160. The molecule has 1 saturated carbocycles. The summed E-state index contributed by atoms with van der Waals surface area (Å²) in [5.74, 6) is 0. The first kappa shape index (κ1) is 12.7. The summed E-state index contributed by atoms with van der Waals surface area (Å²) < 4.78 is 4.88. The third-order valence-corrected chi connectivity index (χ3v) is 3.13. The Morgan fingerprint density at radius 1 is 1.50 bits per heavy atom. The van der Waals surface area contributed by atoms with Crippen molar-refractivity contribution in [2.24, 2.45) is 0 Å². The molecule has 5 heteroatoms. The predicted octanol–water partition coefficient (Wildman–Crippen LogP) is 1.20. The van der Waals surface area contributed by atoms with E-state index in [9.17, 15) is 4.79 Å². The second kappa shape index (κ2) is 5.27. The van der Waals surface area contributed by atoms with Crippen molar-refractivity contribution >= 4 is 11.7 Å². The average Bonchev–Trinajstić information content (AvgIpc) is 3.10. The standard InChI is InChI=1S/C13H19N3O2/c1-18-8-7-15-12(17)16-13(5-6-13)10-3-2-4-11(14)9-10/h2-4,9H,5-8,14H2,1H3,(H2,15,16,17). The molecule has 2 rings (SSSR count). The van der Waals surface area contributed by atoms with E-state index in [2.05, 4.69) is 10.6 Å². The van der Waals surface area contributed by atoms with Crippen molar-refractivity contribution < 1.29 is 9.53 Å². The first-order chi connectivity index (χ1) is 8.66. The van der Waals surface area contributed by atoms with Gasteiger partial charge in [-0.3, -0.25) is 0 Å². The van der Waals surface area contributed by atoms with Crippen molar-refractivity contribution in [2.45, 2.75) is 18.4 Å². The van der Waals surface area contributed by atoms with Crippen LogP contribution in [0.1, 0.15) is 18.4 Å². The average molecular weight is 249 g/mol. The second-order valence-corrected chi connectivity index (χ2v) is 4.58. The molecular weight excluding hydrogens is 230 g/mol. The lowest BCUT2D eigenvalue weighted by molar-refractivity contribution is 0.194. The summed E-state index contributed by atoms with van der Waals surface area (Å²) in [4.78, 5) is 11.7. The maximum absolute atomic E-state index is 11.7. The summed E-state index contributed by atoms with van der Waals surface area (Å²) in [6.07, 6.45) is 1.91. The number of ether oxygens (including phenoxy) is 1. The van der Waals surface area contributed by atoms with Crippen molar-refractivity contribution in [1.29, 1.82) is 0 Å². The number of amides is 2. The smallest absolute Gasteiger partial charge is 0.315 e. The van der Waals surface area contributed by atoms with Crippen molar-refractivity contribution in [3.8, 4) is 0 Å². The number of benzene rings is 1. The van der Waals surface area contributed by atoms with Gasteiger partial charge in [0.15, 0.2) is 0 Å². The number of nitrogen functional groups attached to an aromatic ring is 1. The SMILES string of the molecule is COCCNC(=O)NC1(c2cccc(N)c2)CC1. The van der Waals surface area contributed by atoms with Gasteiger partial charge < -0.3 is 21.1 Å². The molecule has 18 heavy (non-hydrogen) atoms. The topological polar surface area (TPSA) is 76.4 Å². The summed E-state index contributed by atoms with van der Waals surface area (Å²) in [6, 6.07) is 7.52. The Labute approximate surface area is 107 Å². The molecule has 0 atom stereocenters. The molecule has 5 nitrogen and oxygen atoms in total. The van der Waals surface area contributed by atoms with Gasteiger partial charge in [-0.2, -0.15) is 0 Å². The summed E-state index contributed by atoms with van der Waals surface area (Å²) in [5.41, 5.74) is 7.33. The molecule has 1 fully saturated rings. The highest BCUT2D eigenvalue weighted by molar-refractivity contribution is 5.75. The molecule has 2 amide bonds. The molecular formula is C13H19N3O2. The van der Waals surface area contributed by atoms with Crippen LogP contribution in [0, 0.1) is 0 Å². The molecule has 1 aromatic carbocycles. The van der Waals surface area contributed by atoms with Crippen LogP contribution < -0.4 is 16.4 Å². The van der Waals surface area contributed by atoms with Crippen LogP contribution in [0.3, 0.4) is 0 Å². The van der Waals surface area contributed by atoms with E-state index in [1.807, 2.05) is 24.3 Å².